The zero-order valence-electron chi connectivity index (χ0n) is 13.2. The van der Waals surface area contributed by atoms with Crippen LogP contribution < -0.4 is 5.56 Å². The second-order valence-corrected chi connectivity index (χ2v) is 6.51. The number of carbonyl (C=O) groups excluding carboxylic acids is 1. The number of benzene rings is 1. The summed E-state index contributed by atoms with van der Waals surface area (Å²) in [6.07, 6.45) is 0. The number of nitrogens with zero attached hydrogens (tertiary/aromatic N) is 3. The molecule has 0 spiro atoms. The van der Waals surface area contributed by atoms with Gasteiger partial charge in [0, 0.05) is 24.4 Å². The smallest absolute Gasteiger partial charge is 0.275 e. The average molecular weight is 327 g/mol. The van der Waals surface area contributed by atoms with Crippen molar-refractivity contribution in [2.45, 2.75) is 13.5 Å². The fourth-order valence-corrected chi connectivity index (χ4v) is 3.45. The van der Waals surface area contributed by atoms with E-state index < -0.39 is 0 Å². The third-order valence-corrected chi connectivity index (χ3v) is 4.86. The average Bonchev–Trinajstić information content (AvgIpc) is 2.95. The van der Waals surface area contributed by atoms with Gasteiger partial charge in [-0.05, 0) is 30.0 Å². The minimum absolute atomic E-state index is 0.190. The maximum Gasteiger partial charge on any atom is 0.275 e. The van der Waals surface area contributed by atoms with E-state index in [2.05, 4.69) is 5.10 Å². The van der Waals surface area contributed by atoms with E-state index in [1.165, 1.54) is 10.2 Å². The minimum atomic E-state index is -0.200. The fraction of sp³-hybridized carbons (Fsp3) is 0.235. The van der Waals surface area contributed by atoms with E-state index in [9.17, 15) is 9.59 Å². The molecule has 0 N–H and O–H groups in total. The van der Waals surface area contributed by atoms with Crippen LogP contribution >= 0.6 is 11.3 Å². The summed E-state index contributed by atoms with van der Waals surface area (Å²) in [5.74, 6) is -0.190. The van der Waals surface area contributed by atoms with Crippen molar-refractivity contribution < 1.29 is 4.79 Å². The highest BCUT2D eigenvalue weighted by molar-refractivity contribution is 7.10. The molecule has 1 aromatic carbocycles. The highest BCUT2D eigenvalue weighted by atomic mass is 32.1. The number of hydrogen-bond donors (Lipinski definition) is 0. The van der Waals surface area contributed by atoms with Gasteiger partial charge in [-0.1, -0.05) is 18.2 Å². The molecule has 6 heteroatoms. The van der Waals surface area contributed by atoms with Gasteiger partial charge in [0.1, 0.15) is 0 Å². The molecule has 23 heavy (non-hydrogen) atoms. The summed E-state index contributed by atoms with van der Waals surface area (Å²) in [4.78, 5) is 27.7. The fourth-order valence-electron chi connectivity index (χ4n) is 2.49. The summed E-state index contributed by atoms with van der Waals surface area (Å²) in [6, 6.07) is 9.12. The van der Waals surface area contributed by atoms with E-state index in [4.69, 9.17) is 0 Å². The van der Waals surface area contributed by atoms with Gasteiger partial charge in [0.15, 0.2) is 5.69 Å². The molecule has 0 saturated carbocycles. The topological polar surface area (TPSA) is 55.2 Å². The quantitative estimate of drug-likeness (QED) is 0.743. The van der Waals surface area contributed by atoms with Gasteiger partial charge in [-0.3, -0.25) is 9.59 Å². The van der Waals surface area contributed by atoms with Crippen molar-refractivity contribution in [2.24, 2.45) is 7.05 Å². The summed E-state index contributed by atoms with van der Waals surface area (Å²) in [5.41, 5.74) is 1.28. The number of carbonyl (C=O) groups is 1. The van der Waals surface area contributed by atoms with Crippen molar-refractivity contribution in [3.05, 3.63) is 62.2 Å². The third kappa shape index (κ3) is 2.77. The lowest BCUT2D eigenvalue weighted by Crippen LogP contribution is -2.30. The van der Waals surface area contributed by atoms with E-state index >= 15 is 0 Å². The standard InChI is InChI=1S/C17H17N3O2S/c1-11-8-9-23-14(11)10-19(2)17(22)15-12-6-4-5-7-13(12)16(21)20(3)18-15/h4-9H,10H2,1-3H3. The second-order valence-electron chi connectivity index (χ2n) is 5.51. The first-order chi connectivity index (χ1) is 11.0. The maximum absolute atomic E-state index is 12.8. The van der Waals surface area contributed by atoms with Crippen LogP contribution in [0.4, 0.5) is 0 Å². The molecular formula is C17H17N3O2S. The molecule has 0 aliphatic heterocycles. The minimum Gasteiger partial charge on any atom is -0.335 e. The Labute approximate surface area is 137 Å². The zero-order chi connectivity index (χ0) is 16.6. The zero-order valence-corrected chi connectivity index (χ0v) is 14.1. The van der Waals surface area contributed by atoms with Crippen LogP contribution in [0.15, 0.2) is 40.5 Å². The monoisotopic (exact) mass is 327 g/mol. The number of hydrogen-bond acceptors (Lipinski definition) is 4. The second kappa shape index (κ2) is 5.96. The van der Waals surface area contributed by atoms with Crippen molar-refractivity contribution in [1.29, 1.82) is 0 Å². The predicted octanol–water partition coefficient (Wildman–Crippen LogP) is 2.58. The Morgan fingerprint density at radius 1 is 1.26 bits per heavy atom. The van der Waals surface area contributed by atoms with Crippen LogP contribution in [0.2, 0.25) is 0 Å². The molecule has 0 aliphatic carbocycles. The van der Waals surface area contributed by atoms with Crippen LogP contribution in [-0.4, -0.2) is 27.6 Å². The lowest BCUT2D eigenvalue weighted by Gasteiger charge is -2.17. The number of aromatic nitrogens is 2. The van der Waals surface area contributed by atoms with Crippen LogP contribution in [0, 0.1) is 6.92 Å². The van der Waals surface area contributed by atoms with Crippen LogP contribution in [0.3, 0.4) is 0 Å². The molecule has 0 saturated heterocycles. The first-order valence-electron chi connectivity index (χ1n) is 7.23. The Kier molecular flexibility index (Phi) is 4.00. The molecule has 0 aliphatic rings. The molecule has 0 atom stereocenters. The Balaban J connectivity index is 2.02. The normalized spacial score (nSPS) is 10.9. The molecule has 2 aromatic heterocycles. The summed E-state index contributed by atoms with van der Waals surface area (Å²) in [7, 11) is 3.32. The van der Waals surface area contributed by atoms with E-state index in [0.29, 0.717) is 23.0 Å². The molecule has 5 nitrogen and oxygen atoms in total. The Hall–Kier alpha value is -2.47. The molecule has 0 unspecified atom stereocenters. The number of aryl methyl sites for hydroxylation is 2. The van der Waals surface area contributed by atoms with E-state index in [-0.39, 0.29) is 11.5 Å². The first kappa shape index (κ1) is 15.4. The van der Waals surface area contributed by atoms with Crippen molar-refractivity contribution in [2.75, 3.05) is 7.05 Å². The van der Waals surface area contributed by atoms with Gasteiger partial charge < -0.3 is 4.90 Å². The van der Waals surface area contributed by atoms with Crippen molar-refractivity contribution >= 4 is 28.0 Å². The van der Waals surface area contributed by atoms with Gasteiger partial charge in [0.05, 0.1) is 11.9 Å². The summed E-state index contributed by atoms with van der Waals surface area (Å²) >= 11 is 1.63. The van der Waals surface area contributed by atoms with Gasteiger partial charge in [0.25, 0.3) is 11.5 Å². The van der Waals surface area contributed by atoms with Gasteiger partial charge in [0.2, 0.25) is 0 Å². The SMILES string of the molecule is Cc1ccsc1CN(C)C(=O)c1nn(C)c(=O)c2ccccc12. The van der Waals surface area contributed by atoms with E-state index in [0.717, 1.165) is 4.88 Å². The highest BCUT2D eigenvalue weighted by Gasteiger charge is 2.19. The molecule has 1 amide bonds. The van der Waals surface area contributed by atoms with Crippen molar-refractivity contribution in [3.8, 4) is 0 Å². The molecule has 3 rings (SSSR count). The summed E-state index contributed by atoms with van der Waals surface area (Å²) < 4.78 is 1.22. The Morgan fingerprint density at radius 3 is 2.61 bits per heavy atom. The lowest BCUT2D eigenvalue weighted by molar-refractivity contribution is 0.0780. The molecule has 0 fully saturated rings. The largest absolute Gasteiger partial charge is 0.335 e. The number of fused-ring (bicyclic) bond motifs is 1. The highest BCUT2D eigenvalue weighted by Crippen LogP contribution is 2.20. The maximum atomic E-state index is 12.8. The number of rotatable bonds is 3. The molecule has 2 heterocycles. The van der Waals surface area contributed by atoms with Gasteiger partial charge in [-0.15, -0.1) is 11.3 Å². The van der Waals surface area contributed by atoms with Gasteiger partial charge >= 0.3 is 0 Å². The van der Waals surface area contributed by atoms with Crippen LogP contribution in [-0.2, 0) is 13.6 Å². The van der Waals surface area contributed by atoms with Crippen LogP contribution in [0.25, 0.3) is 10.8 Å². The summed E-state index contributed by atoms with van der Waals surface area (Å²) in [5, 5.41) is 7.31. The van der Waals surface area contributed by atoms with Crippen LogP contribution in [0.1, 0.15) is 20.9 Å². The van der Waals surface area contributed by atoms with E-state index in [1.54, 1.807) is 48.5 Å². The third-order valence-electron chi connectivity index (χ3n) is 3.85. The first-order valence-corrected chi connectivity index (χ1v) is 8.11. The Bertz CT molecular complexity index is 942. The van der Waals surface area contributed by atoms with Gasteiger partial charge in [-0.2, -0.15) is 5.10 Å². The Morgan fingerprint density at radius 2 is 1.96 bits per heavy atom. The lowest BCUT2D eigenvalue weighted by atomic mass is 10.1. The van der Waals surface area contributed by atoms with Crippen molar-refractivity contribution in [1.82, 2.24) is 14.7 Å². The summed E-state index contributed by atoms with van der Waals surface area (Å²) in [6.45, 7) is 2.56. The predicted molar refractivity (Wildman–Crippen MR) is 91.8 cm³/mol. The van der Waals surface area contributed by atoms with Gasteiger partial charge in [-0.25, -0.2) is 4.68 Å². The molecule has 118 valence electrons. The molecule has 0 radical (unpaired) electrons. The van der Waals surface area contributed by atoms with Crippen LogP contribution in [0.5, 0.6) is 0 Å². The molecule has 3 aromatic rings. The van der Waals surface area contributed by atoms with E-state index in [1.807, 2.05) is 24.4 Å². The molecule has 0 bridgehead atoms. The number of thiophene rings is 1. The number of amides is 1. The molecular weight excluding hydrogens is 310 g/mol. The van der Waals surface area contributed by atoms with Crippen molar-refractivity contribution in [3.63, 3.8) is 0 Å².